The molecule has 2 unspecified atom stereocenters. The van der Waals surface area contributed by atoms with Gasteiger partial charge in [0.05, 0.1) is 0 Å². The fourth-order valence-electron chi connectivity index (χ4n) is 3.84. The van der Waals surface area contributed by atoms with Crippen LogP contribution >= 0.6 is 11.6 Å². The standard InChI is InChI=1S/C16H22ClN/c1-2-9-18-10-8-13-12(11-18)6-7-15-14(13)4-3-5-16(15)17/h3-5,12-13H,2,6-11H2,1H3. The Kier molecular flexibility index (Phi) is 3.63. The quantitative estimate of drug-likeness (QED) is 0.777. The van der Waals surface area contributed by atoms with Gasteiger partial charge in [0.25, 0.3) is 0 Å². The van der Waals surface area contributed by atoms with Crippen molar-refractivity contribution in [3.63, 3.8) is 0 Å². The first-order valence-electron chi connectivity index (χ1n) is 7.29. The Balaban J connectivity index is 1.82. The van der Waals surface area contributed by atoms with Gasteiger partial charge in [0.2, 0.25) is 0 Å². The third-order valence-electron chi connectivity index (χ3n) is 4.68. The highest BCUT2D eigenvalue weighted by Gasteiger charge is 2.34. The number of benzene rings is 1. The molecule has 2 aliphatic rings. The maximum Gasteiger partial charge on any atom is 0.0440 e. The molecule has 1 saturated heterocycles. The van der Waals surface area contributed by atoms with Crippen LogP contribution in [-0.4, -0.2) is 24.5 Å². The second-order valence-electron chi connectivity index (χ2n) is 5.80. The molecule has 0 aromatic heterocycles. The molecule has 1 aromatic rings. The van der Waals surface area contributed by atoms with Gasteiger partial charge in [0.15, 0.2) is 0 Å². The molecule has 1 heterocycles. The molecule has 2 heteroatoms. The minimum Gasteiger partial charge on any atom is -0.303 e. The van der Waals surface area contributed by atoms with E-state index in [1.54, 1.807) is 5.56 Å². The highest BCUT2D eigenvalue weighted by atomic mass is 35.5. The zero-order valence-corrected chi connectivity index (χ0v) is 11.9. The van der Waals surface area contributed by atoms with Gasteiger partial charge < -0.3 is 4.90 Å². The van der Waals surface area contributed by atoms with E-state index < -0.39 is 0 Å². The van der Waals surface area contributed by atoms with Gasteiger partial charge in [-0.05, 0) is 67.8 Å². The van der Waals surface area contributed by atoms with Crippen molar-refractivity contribution < 1.29 is 0 Å². The van der Waals surface area contributed by atoms with Crippen LogP contribution in [0.5, 0.6) is 0 Å². The van der Waals surface area contributed by atoms with E-state index in [0.29, 0.717) is 0 Å². The van der Waals surface area contributed by atoms with Crippen LogP contribution in [0.4, 0.5) is 0 Å². The second-order valence-corrected chi connectivity index (χ2v) is 6.21. The Morgan fingerprint density at radius 1 is 1.33 bits per heavy atom. The smallest absolute Gasteiger partial charge is 0.0440 e. The number of hydrogen-bond donors (Lipinski definition) is 0. The zero-order valence-electron chi connectivity index (χ0n) is 11.2. The molecule has 0 saturated carbocycles. The molecule has 0 N–H and O–H groups in total. The first-order valence-corrected chi connectivity index (χ1v) is 7.67. The van der Waals surface area contributed by atoms with Crippen molar-refractivity contribution in [2.24, 2.45) is 5.92 Å². The Hall–Kier alpha value is -0.530. The van der Waals surface area contributed by atoms with E-state index in [2.05, 4.69) is 24.0 Å². The van der Waals surface area contributed by atoms with Gasteiger partial charge in [-0.2, -0.15) is 0 Å². The van der Waals surface area contributed by atoms with Crippen molar-refractivity contribution >= 4 is 11.6 Å². The summed E-state index contributed by atoms with van der Waals surface area (Å²) in [6, 6.07) is 6.49. The highest BCUT2D eigenvalue weighted by molar-refractivity contribution is 6.31. The molecule has 0 bridgehead atoms. The number of piperidine rings is 1. The molecule has 1 aliphatic carbocycles. The lowest BCUT2D eigenvalue weighted by Crippen LogP contribution is -2.41. The van der Waals surface area contributed by atoms with Crippen molar-refractivity contribution in [3.05, 3.63) is 34.3 Å². The predicted molar refractivity (Wildman–Crippen MR) is 77.4 cm³/mol. The summed E-state index contributed by atoms with van der Waals surface area (Å²) in [7, 11) is 0. The van der Waals surface area contributed by atoms with Gasteiger partial charge >= 0.3 is 0 Å². The van der Waals surface area contributed by atoms with Crippen LogP contribution in [-0.2, 0) is 6.42 Å². The van der Waals surface area contributed by atoms with E-state index in [1.807, 2.05) is 6.07 Å². The molecule has 0 spiro atoms. The molecular formula is C16H22ClN. The fraction of sp³-hybridized carbons (Fsp3) is 0.625. The Bertz CT molecular complexity index is 429. The zero-order chi connectivity index (χ0) is 12.5. The number of likely N-dealkylation sites (tertiary alicyclic amines) is 1. The molecule has 1 aliphatic heterocycles. The van der Waals surface area contributed by atoms with Crippen molar-refractivity contribution in [3.8, 4) is 0 Å². The minimum atomic E-state index is 0.764. The first kappa shape index (κ1) is 12.5. The molecule has 3 rings (SSSR count). The lowest BCUT2D eigenvalue weighted by atomic mass is 9.71. The fourth-order valence-corrected chi connectivity index (χ4v) is 4.12. The van der Waals surface area contributed by atoms with Crippen LogP contribution in [0.1, 0.15) is 43.2 Å². The van der Waals surface area contributed by atoms with Crippen molar-refractivity contribution in [2.75, 3.05) is 19.6 Å². The Morgan fingerprint density at radius 2 is 2.22 bits per heavy atom. The summed E-state index contributed by atoms with van der Waals surface area (Å²) in [5.41, 5.74) is 2.99. The van der Waals surface area contributed by atoms with E-state index in [0.717, 1.165) is 16.9 Å². The van der Waals surface area contributed by atoms with Gasteiger partial charge in [0.1, 0.15) is 0 Å². The van der Waals surface area contributed by atoms with E-state index in [9.17, 15) is 0 Å². The van der Waals surface area contributed by atoms with E-state index >= 15 is 0 Å². The van der Waals surface area contributed by atoms with Crippen LogP contribution < -0.4 is 0 Å². The summed E-state index contributed by atoms with van der Waals surface area (Å²) in [6.07, 6.45) is 5.09. The van der Waals surface area contributed by atoms with Gasteiger partial charge in [0, 0.05) is 11.6 Å². The van der Waals surface area contributed by atoms with Crippen LogP contribution in [0.2, 0.25) is 5.02 Å². The number of hydrogen-bond acceptors (Lipinski definition) is 1. The average molecular weight is 264 g/mol. The SMILES string of the molecule is CCCN1CCC2c3cccc(Cl)c3CCC2C1. The lowest BCUT2D eigenvalue weighted by molar-refractivity contribution is 0.141. The lowest BCUT2D eigenvalue weighted by Gasteiger charge is -2.42. The van der Waals surface area contributed by atoms with Crippen LogP contribution in [0.3, 0.4) is 0 Å². The number of rotatable bonds is 2. The molecule has 18 heavy (non-hydrogen) atoms. The molecular weight excluding hydrogens is 242 g/mol. The molecule has 98 valence electrons. The summed E-state index contributed by atoms with van der Waals surface area (Å²) in [5.74, 6) is 1.62. The summed E-state index contributed by atoms with van der Waals surface area (Å²) in [4.78, 5) is 2.65. The van der Waals surface area contributed by atoms with E-state index in [1.165, 1.54) is 50.9 Å². The summed E-state index contributed by atoms with van der Waals surface area (Å²) in [5, 5.41) is 0.988. The van der Waals surface area contributed by atoms with Crippen molar-refractivity contribution in [1.29, 1.82) is 0 Å². The van der Waals surface area contributed by atoms with Crippen molar-refractivity contribution in [1.82, 2.24) is 4.90 Å². The van der Waals surface area contributed by atoms with Crippen LogP contribution in [0, 0.1) is 5.92 Å². The Labute approximate surface area is 115 Å². The average Bonchev–Trinajstić information content (AvgIpc) is 2.39. The normalized spacial score (nSPS) is 27.7. The monoisotopic (exact) mass is 263 g/mol. The third-order valence-corrected chi connectivity index (χ3v) is 5.03. The maximum atomic E-state index is 6.34. The first-order chi connectivity index (χ1) is 8.79. The van der Waals surface area contributed by atoms with Crippen LogP contribution in [0.15, 0.2) is 18.2 Å². The molecule has 1 fully saturated rings. The largest absolute Gasteiger partial charge is 0.303 e. The summed E-state index contributed by atoms with van der Waals surface area (Å²) >= 11 is 6.34. The van der Waals surface area contributed by atoms with Gasteiger partial charge in [-0.3, -0.25) is 0 Å². The van der Waals surface area contributed by atoms with Crippen molar-refractivity contribution in [2.45, 2.75) is 38.5 Å². The highest BCUT2D eigenvalue weighted by Crippen LogP contribution is 2.43. The molecule has 0 amide bonds. The van der Waals surface area contributed by atoms with E-state index in [4.69, 9.17) is 11.6 Å². The topological polar surface area (TPSA) is 3.24 Å². The number of fused-ring (bicyclic) bond motifs is 3. The summed E-state index contributed by atoms with van der Waals surface area (Å²) < 4.78 is 0. The summed E-state index contributed by atoms with van der Waals surface area (Å²) in [6.45, 7) is 6.11. The molecule has 1 nitrogen and oxygen atoms in total. The third kappa shape index (κ3) is 2.19. The number of nitrogens with zero attached hydrogens (tertiary/aromatic N) is 1. The second kappa shape index (κ2) is 5.22. The van der Waals surface area contributed by atoms with Crippen LogP contribution in [0.25, 0.3) is 0 Å². The minimum absolute atomic E-state index is 0.764. The van der Waals surface area contributed by atoms with Gasteiger partial charge in [-0.1, -0.05) is 30.7 Å². The molecule has 1 aromatic carbocycles. The van der Waals surface area contributed by atoms with Gasteiger partial charge in [-0.15, -0.1) is 0 Å². The maximum absolute atomic E-state index is 6.34. The predicted octanol–water partition coefficient (Wildman–Crippen LogP) is 4.10. The molecule has 0 radical (unpaired) electrons. The van der Waals surface area contributed by atoms with E-state index in [-0.39, 0.29) is 0 Å². The number of halogens is 1. The Morgan fingerprint density at radius 3 is 3.06 bits per heavy atom. The molecule has 2 atom stereocenters. The van der Waals surface area contributed by atoms with Gasteiger partial charge in [-0.25, -0.2) is 0 Å².